The maximum Gasteiger partial charge on any atom is 0.307 e. The molecule has 0 saturated heterocycles. The van der Waals surface area contributed by atoms with Gasteiger partial charge in [-0.1, -0.05) is 0 Å². The van der Waals surface area contributed by atoms with Crippen LogP contribution in [-0.4, -0.2) is 40.6 Å². The molecule has 14 heavy (non-hydrogen) atoms. The molecular formula is C8H5F3NaO2. The molecule has 1 radical (unpaired) electrons. The third-order valence-electron chi connectivity index (χ3n) is 1.43. The van der Waals surface area contributed by atoms with Crippen LogP contribution in [0, 0.1) is 17.5 Å². The van der Waals surface area contributed by atoms with Crippen molar-refractivity contribution in [2.24, 2.45) is 0 Å². The van der Waals surface area contributed by atoms with Crippen molar-refractivity contribution in [1.82, 2.24) is 0 Å². The molecule has 0 spiro atoms. The Bertz CT molecular complexity index is 355. The number of hydrogen-bond acceptors (Lipinski definition) is 1. The van der Waals surface area contributed by atoms with E-state index in [1.165, 1.54) is 0 Å². The zero-order valence-electron chi connectivity index (χ0n) is 7.35. The Labute approximate surface area is 100 Å². The van der Waals surface area contributed by atoms with Gasteiger partial charge in [0, 0.05) is 41.2 Å². The van der Waals surface area contributed by atoms with E-state index in [2.05, 4.69) is 0 Å². The average molecular weight is 213 g/mol. The first-order chi connectivity index (χ1) is 6.00. The van der Waals surface area contributed by atoms with Crippen LogP contribution in [0.5, 0.6) is 0 Å². The molecule has 2 nitrogen and oxygen atoms in total. The van der Waals surface area contributed by atoms with Crippen molar-refractivity contribution < 1.29 is 23.1 Å². The van der Waals surface area contributed by atoms with Crippen molar-refractivity contribution in [2.45, 2.75) is 6.42 Å². The summed E-state index contributed by atoms with van der Waals surface area (Å²) in [5.41, 5.74) is -0.369. The Kier molecular flexibility index (Phi) is 5.18. The van der Waals surface area contributed by atoms with Gasteiger partial charge in [-0.15, -0.1) is 0 Å². The van der Waals surface area contributed by atoms with Crippen molar-refractivity contribution in [3.8, 4) is 0 Å². The van der Waals surface area contributed by atoms with Crippen molar-refractivity contribution in [3.05, 3.63) is 35.1 Å². The minimum atomic E-state index is -1.33. The molecule has 0 saturated carbocycles. The van der Waals surface area contributed by atoms with Gasteiger partial charge in [0.15, 0.2) is 11.6 Å². The summed E-state index contributed by atoms with van der Waals surface area (Å²) in [6, 6.07) is 0.867. The van der Waals surface area contributed by atoms with E-state index in [0.717, 1.165) is 0 Å². The van der Waals surface area contributed by atoms with Gasteiger partial charge in [-0.2, -0.15) is 0 Å². The van der Waals surface area contributed by atoms with E-state index in [1.807, 2.05) is 0 Å². The fraction of sp³-hybridized carbons (Fsp3) is 0.125. The summed E-state index contributed by atoms with van der Waals surface area (Å²) in [6.07, 6.45) is -0.664. The van der Waals surface area contributed by atoms with Crippen molar-refractivity contribution in [1.29, 1.82) is 0 Å². The third-order valence-corrected chi connectivity index (χ3v) is 1.43. The van der Waals surface area contributed by atoms with Gasteiger partial charge in [0.1, 0.15) is 5.82 Å². The van der Waals surface area contributed by atoms with Crippen LogP contribution in [0.1, 0.15) is 5.56 Å². The number of rotatable bonds is 2. The van der Waals surface area contributed by atoms with Gasteiger partial charge in [-0.05, 0) is 6.07 Å². The summed E-state index contributed by atoms with van der Waals surface area (Å²) in [5, 5.41) is 8.27. The molecule has 0 unspecified atom stereocenters. The number of carboxylic acid groups (broad SMARTS) is 1. The van der Waals surface area contributed by atoms with Crippen LogP contribution in [0.4, 0.5) is 13.2 Å². The van der Waals surface area contributed by atoms with Crippen molar-refractivity contribution >= 4 is 35.5 Å². The van der Waals surface area contributed by atoms with Gasteiger partial charge < -0.3 is 5.11 Å². The SMILES string of the molecule is O=C(O)Cc1cc(F)c(F)cc1F.[Na]. The first-order valence-corrected chi connectivity index (χ1v) is 3.36. The smallest absolute Gasteiger partial charge is 0.307 e. The summed E-state index contributed by atoms with van der Waals surface area (Å²) >= 11 is 0. The number of aliphatic carboxylic acids is 1. The maximum atomic E-state index is 12.7. The van der Waals surface area contributed by atoms with Gasteiger partial charge in [-0.25, -0.2) is 13.2 Å². The minimum Gasteiger partial charge on any atom is -0.481 e. The Morgan fingerprint density at radius 2 is 1.64 bits per heavy atom. The van der Waals surface area contributed by atoms with Gasteiger partial charge in [0.25, 0.3) is 0 Å². The zero-order valence-corrected chi connectivity index (χ0v) is 9.35. The number of halogens is 3. The van der Waals surface area contributed by atoms with E-state index >= 15 is 0 Å². The molecule has 0 amide bonds. The molecule has 1 rings (SSSR count). The molecule has 71 valence electrons. The van der Waals surface area contributed by atoms with Crippen molar-refractivity contribution in [3.63, 3.8) is 0 Å². The Hall–Kier alpha value is -0.520. The molecule has 0 aliphatic carbocycles. The number of carbonyl (C=O) groups is 1. The standard InChI is InChI=1S/C8H5F3O2.Na/c9-5-3-7(11)6(10)1-4(5)2-8(12)13;/h1,3H,2H2,(H,12,13);. The number of benzene rings is 1. The van der Waals surface area contributed by atoms with Gasteiger partial charge in [-0.3, -0.25) is 4.79 Å². The van der Waals surface area contributed by atoms with Crippen LogP contribution < -0.4 is 0 Å². The Morgan fingerprint density at radius 3 is 2.14 bits per heavy atom. The molecule has 0 fully saturated rings. The van der Waals surface area contributed by atoms with E-state index in [9.17, 15) is 18.0 Å². The molecule has 1 aromatic carbocycles. The predicted molar refractivity (Wildman–Crippen MR) is 43.4 cm³/mol. The predicted octanol–water partition coefficient (Wildman–Crippen LogP) is 1.35. The number of hydrogen-bond donors (Lipinski definition) is 1. The average Bonchev–Trinajstić information content (AvgIpc) is 1.99. The number of carboxylic acids is 1. The Morgan fingerprint density at radius 1 is 1.14 bits per heavy atom. The molecule has 0 bridgehead atoms. The first-order valence-electron chi connectivity index (χ1n) is 3.36. The van der Waals surface area contributed by atoms with E-state index < -0.39 is 29.8 Å². The summed E-state index contributed by atoms with van der Waals surface area (Å²) in [7, 11) is 0. The van der Waals surface area contributed by atoms with Gasteiger partial charge >= 0.3 is 5.97 Å². The largest absolute Gasteiger partial charge is 0.481 e. The normalized spacial score (nSPS) is 9.36. The second kappa shape index (κ2) is 5.38. The van der Waals surface area contributed by atoms with Gasteiger partial charge in [0.2, 0.25) is 0 Å². The topological polar surface area (TPSA) is 37.3 Å². The fourth-order valence-corrected chi connectivity index (χ4v) is 0.862. The monoisotopic (exact) mass is 213 g/mol. The summed E-state index contributed by atoms with van der Waals surface area (Å²) in [4.78, 5) is 10.1. The van der Waals surface area contributed by atoms with E-state index in [0.29, 0.717) is 12.1 Å². The van der Waals surface area contributed by atoms with E-state index in [-0.39, 0.29) is 35.1 Å². The van der Waals surface area contributed by atoms with Crippen LogP contribution in [-0.2, 0) is 11.2 Å². The molecule has 1 N–H and O–H groups in total. The fourth-order valence-electron chi connectivity index (χ4n) is 0.862. The third kappa shape index (κ3) is 3.32. The molecule has 1 aromatic rings. The van der Waals surface area contributed by atoms with E-state index in [1.54, 1.807) is 0 Å². The van der Waals surface area contributed by atoms with Crippen LogP contribution in [0.15, 0.2) is 12.1 Å². The second-order valence-electron chi connectivity index (χ2n) is 2.43. The van der Waals surface area contributed by atoms with E-state index in [4.69, 9.17) is 5.11 Å². The summed E-state index contributed by atoms with van der Waals surface area (Å²) in [6.45, 7) is 0. The van der Waals surface area contributed by atoms with Crippen LogP contribution in [0.25, 0.3) is 0 Å². The molecule has 0 heterocycles. The second-order valence-corrected chi connectivity index (χ2v) is 2.43. The molecule has 0 aliphatic heterocycles. The maximum absolute atomic E-state index is 12.7. The molecule has 0 aliphatic rings. The van der Waals surface area contributed by atoms with Crippen molar-refractivity contribution in [2.75, 3.05) is 0 Å². The zero-order chi connectivity index (χ0) is 10.0. The molecule has 0 aromatic heterocycles. The van der Waals surface area contributed by atoms with Gasteiger partial charge in [0.05, 0.1) is 6.42 Å². The molecule has 0 atom stereocenters. The van der Waals surface area contributed by atoms with Crippen LogP contribution in [0.3, 0.4) is 0 Å². The van der Waals surface area contributed by atoms with Crippen LogP contribution in [0.2, 0.25) is 0 Å². The quantitative estimate of drug-likeness (QED) is 0.594. The molecule has 6 heteroatoms. The summed E-state index contributed by atoms with van der Waals surface area (Å²) in [5.74, 6) is -4.93. The Balaban J connectivity index is 0.00000169. The van der Waals surface area contributed by atoms with Crippen LogP contribution >= 0.6 is 0 Å². The minimum absolute atomic E-state index is 0. The molecular weight excluding hydrogens is 208 g/mol. The first kappa shape index (κ1) is 13.5. The summed E-state index contributed by atoms with van der Waals surface area (Å²) < 4.78 is 37.5.